The third kappa shape index (κ3) is 5.23. The summed E-state index contributed by atoms with van der Waals surface area (Å²) in [4.78, 5) is 23.1. The number of carbonyl (C=O) groups excluding carboxylic acids is 1. The predicted molar refractivity (Wildman–Crippen MR) is 94.6 cm³/mol. The molecule has 4 nitrogen and oxygen atoms in total. The molecule has 0 aromatic heterocycles. The van der Waals surface area contributed by atoms with Gasteiger partial charge in [-0.3, -0.25) is 9.59 Å². The maximum Gasteiger partial charge on any atom is 0.308 e. The van der Waals surface area contributed by atoms with Crippen LogP contribution in [0, 0.1) is 5.92 Å². The lowest BCUT2D eigenvalue weighted by atomic mass is 10.0. The minimum atomic E-state index is -0.857. The molecule has 0 saturated carbocycles. The zero-order chi connectivity index (χ0) is 17.4. The lowest BCUT2D eigenvalue weighted by molar-refractivity contribution is -0.141. The van der Waals surface area contributed by atoms with Crippen LogP contribution in [0.2, 0.25) is 0 Å². The van der Waals surface area contributed by atoms with E-state index in [0.717, 1.165) is 23.1 Å². The Morgan fingerprint density at radius 3 is 2.21 bits per heavy atom. The van der Waals surface area contributed by atoms with E-state index in [1.165, 1.54) is 0 Å². The lowest BCUT2D eigenvalue weighted by Crippen LogP contribution is -2.33. The molecule has 1 unspecified atom stereocenters. The van der Waals surface area contributed by atoms with Gasteiger partial charge in [0.25, 0.3) is 0 Å². The van der Waals surface area contributed by atoms with Crippen LogP contribution in [-0.4, -0.2) is 23.5 Å². The first-order chi connectivity index (χ1) is 11.6. The molecule has 24 heavy (non-hydrogen) atoms. The van der Waals surface area contributed by atoms with Gasteiger partial charge in [0.15, 0.2) is 0 Å². The summed E-state index contributed by atoms with van der Waals surface area (Å²) in [6.45, 7) is 2.12. The average molecular weight is 325 g/mol. The highest BCUT2D eigenvalue weighted by molar-refractivity contribution is 5.79. The summed E-state index contributed by atoms with van der Waals surface area (Å²) < 4.78 is 0. The number of hydrogen-bond acceptors (Lipinski definition) is 2. The molecule has 4 heteroatoms. The van der Waals surface area contributed by atoms with Crippen LogP contribution in [-0.2, 0) is 16.0 Å². The molecule has 2 N–H and O–H groups in total. The van der Waals surface area contributed by atoms with Gasteiger partial charge < -0.3 is 10.4 Å². The Morgan fingerprint density at radius 1 is 1.00 bits per heavy atom. The molecule has 1 atom stereocenters. The van der Waals surface area contributed by atoms with Crippen LogP contribution in [0.15, 0.2) is 54.6 Å². The Morgan fingerprint density at radius 2 is 1.62 bits per heavy atom. The second kappa shape index (κ2) is 8.87. The summed E-state index contributed by atoms with van der Waals surface area (Å²) in [7, 11) is 0. The van der Waals surface area contributed by atoms with Crippen LogP contribution in [0.5, 0.6) is 0 Å². The van der Waals surface area contributed by atoms with E-state index in [0.29, 0.717) is 6.42 Å². The summed E-state index contributed by atoms with van der Waals surface area (Å²) >= 11 is 0. The molecule has 0 fully saturated rings. The topological polar surface area (TPSA) is 66.4 Å². The molecule has 0 aliphatic rings. The lowest BCUT2D eigenvalue weighted by Gasteiger charge is -2.12. The van der Waals surface area contributed by atoms with Crippen molar-refractivity contribution in [2.45, 2.75) is 26.2 Å². The van der Waals surface area contributed by atoms with Gasteiger partial charge in [0.1, 0.15) is 0 Å². The molecule has 0 radical (unpaired) electrons. The van der Waals surface area contributed by atoms with Gasteiger partial charge >= 0.3 is 5.97 Å². The molecule has 0 spiro atoms. The van der Waals surface area contributed by atoms with Crippen molar-refractivity contribution in [3.63, 3.8) is 0 Å². The Bertz CT molecular complexity index is 665. The van der Waals surface area contributed by atoms with Crippen molar-refractivity contribution in [1.82, 2.24) is 5.32 Å². The number of carboxylic acids is 1. The minimum Gasteiger partial charge on any atom is -0.481 e. The van der Waals surface area contributed by atoms with Gasteiger partial charge in [-0.05, 0) is 23.1 Å². The van der Waals surface area contributed by atoms with Gasteiger partial charge in [0.05, 0.1) is 12.3 Å². The Balaban J connectivity index is 1.89. The molecule has 0 heterocycles. The van der Waals surface area contributed by atoms with Crippen LogP contribution in [0.1, 0.15) is 25.3 Å². The molecule has 0 saturated heterocycles. The Labute approximate surface area is 142 Å². The molecule has 0 bridgehead atoms. The highest BCUT2D eigenvalue weighted by Crippen LogP contribution is 2.19. The van der Waals surface area contributed by atoms with E-state index >= 15 is 0 Å². The van der Waals surface area contributed by atoms with Crippen molar-refractivity contribution < 1.29 is 14.7 Å². The molecule has 0 aliphatic heterocycles. The Kier molecular flexibility index (Phi) is 6.55. The van der Waals surface area contributed by atoms with E-state index in [9.17, 15) is 9.59 Å². The second-order valence-corrected chi connectivity index (χ2v) is 5.87. The fourth-order valence-corrected chi connectivity index (χ4v) is 2.59. The number of hydrogen-bond donors (Lipinski definition) is 2. The van der Waals surface area contributed by atoms with Gasteiger partial charge in [-0.1, -0.05) is 67.9 Å². The van der Waals surface area contributed by atoms with Gasteiger partial charge in [0, 0.05) is 6.54 Å². The first-order valence-corrected chi connectivity index (χ1v) is 8.24. The second-order valence-electron chi connectivity index (χ2n) is 5.87. The first kappa shape index (κ1) is 17.7. The van der Waals surface area contributed by atoms with E-state index in [1.54, 1.807) is 0 Å². The molecule has 126 valence electrons. The van der Waals surface area contributed by atoms with Gasteiger partial charge in [-0.25, -0.2) is 0 Å². The number of nitrogens with one attached hydrogen (secondary N) is 1. The zero-order valence-corrected chi connectivity index (χ0v) is 13.9. The smallest absolute Gasteiger partial charge is 0.308 e. The van der Waals surface area contributed by atoms with Crippen molar-refractivity contribution in [3.8, 4) is 11.1 Å². The fourth-order valence-electron chi connectivity index (χ4n) is 2.59. The highest BCUT2D eigenvalue weighted by Gasteiger charge is 2.17. The van der Waals surface area contributed by atoms with Crippen LogP contribution in [0.25, 0.3) is 11.1 Å². The molecule has 0 aliphatic carbocycles. The number of carbonyl (C=O) groups is 2. The zero-order valence-electron chi connectivity index (χ0n) is 13.9. The minimum absolute atomic E-state index is 0.148. The highest BCUT2D eigenvalue weighted by atomic mass is 16.4. The van der Waals surface area contributed by atoms with Crippen LogP contribution < -0.4 is 5.32 Å². The first-order valence-electron chi connectivity index (χ1n) is 8.24. The van der Waals surface area contributed by atoms with Crippen molar-refractivity contribution in [3.05, 3.63) is 60.2 Å². The van der Waals surface area contributed by atoms with Crippen molar-refractivity contribution in [2.75, 3.05) is 6.54 Å². The van der Waals surface area contributed by atoms with Crippen LogP contribution >= 0.6 is 0 Å². The van der Waals surface area contributed by atoms with Crippen molar-refractivity contribution in [1.29, 1.82) is 0 Å². The quantitative estimate of drug-likeness (QED) is 0.780. The van der Waals surface area contributed by atoms with Gasteiger partial charge in [-0.15, -0.1) is 0 Å². The van der Waals surface area contributed by atoms with Crippen LogP contribution in [0.4, 0.5) is 0 Å². The molecule has 2 aromatic rings. The number of amides is 1. The molecule has 2 rings (SSSR count). The van der Waals surface area contributed by atoms with Crippen LogP contribution in [0.3, 0.4) is 0 Å². The number of carboxylic acid groups (broad SMARTS) is 1. The average Bonchev–Trinajstić information content (AvgIpc) is 2.60. The fraction of sp³-hybridized carbons (Fsp3) is 0.300. The van der Waals surface area contributed by atoms with Crippen molar-refractivity contribution >= 4 is 11.9 Å². The maximum atomic E-state index is 12.0. The van der Waals surface area contributed by atoms with Gasteiger partial charge in [0.2, 0.25) is 5.91 Å². The molecule has 2 aromatic carbocycles. The van der Waals surface area contributed by atoms with E-state index in [-0.39, 0.29) is 18.9 Å². The van der Waals surface area contributed by atoms with E-state index in [2.05, 4.69) is 5.32 Å². The molecular weight excluding hydrogens is 302 g/mol. The largest absolute Gasteiger partial charge is 0.481 e. The SMILES string of the molecule is CCCC(CNC(=O)Cc1ccc(-c2ccccc2)cc1)C(=O)O. The summed E-state index contributed by atoms with van der Waals surface area (Å²) in [5, 5.41) is 11.8. The summed E-state index contributed by atoms with van der Waals surface area (Å²) in [5.74, 6) is -1.52. The molecular formula is C20H23NO3. The van der Waals surface area contributed by atoms with E-state index in [1.807, 2.05) is 61.5 Å². The standard InChI is InChI=1S/C20H23NO3/c1-2-6-18(20(23)24)14-21-19(22)13-15-9-11-17(12-10-15)16-7-4-3-5-8-16/h3-5,7-12,18H,2,6,13-14H2,1H3,(H,21,22)(H,23,24). The normalized spacial score (nSPS) is 11.7. The predicted octanol–water partition coefficient (Wildman–Crippen LogP) is 3.51. The number of rotatable bonds is 8. The maximum absolute atomic E-state index is 12.0. The summed E-state index contributed by atoms with van der Waals surface area (Å²) in [5.41, 5.74) is 3.15. The number of aliphatic carboxylic acids is 1. The monoisotopic (exact) mass is 325 g/mol. The summed E-state index contributed by atoms with van der Waals surface area (Å²) in [6, 6.07) is 17.9. The Hall–Kier alpha value is -2.62. The van der Waals surface area contributed by atoms with Crippen molar-refractivity contribution in [2.24, 2.45) is 5.92 Å². The number of benzene rings is 2. The summed E-state index contributed by atoms with van der Waals surface area (Å²) in [6.07, 6.45) is 1.61. The molecule has 1 amide bonds. The van der Waals surface area contributed by atoms with E-state index in [4.69, 9.17) is 5.11 Å². The third-order valence-corrected chi connectivity index (χ3v) is 3.96. The van der Waals surface area contributed by atoms with E-state index < -0.39 is 11.9 Å². The third-order valence-electron chi connectivity index (χ3n) is 3.96. The van der Waals surface area contributed by atoms with Gasteiger partial charge in [-0.2, -0.15) is 0 Å².